The van der Waals surface area contributed by atoms with E-state index in [1.807, 2.05) is 42.5 Å². The van der Waals surface area contributed by atoms with E-state index in [9.17, 15) is 8.42 Å². The maximum absolute atomic E-state index is 12.4. The number of hydrogen-bond donors (Lipinski definition) is 2. The second-order valence-corrected chi connectivity index (χ2v) is 9.07. The number of rotatable bonds is 8. The highest BCUT2D eigenvalue weighted by atomic mass is 32.2. The first-order valence-electron chi connectivity index (χ1n) is 9.92. The van der Waals surface area contributed by atoms with Crippen molar-refractivity contribution in [2.75, 3.05) is 7.11 Å². The Hall–Kier alpha value is -1.89. The fraction of sp³-hybridized carbons (Fsp3) is 0.455. The van der Waals surface area contributed by atoms with Crippen molar-refractivity contribution in [1.82, 2.24) is 9.44 Å². The lowest BCUT2D eigenvalue weighted by atomic mass is 9.66. The zero-order valence-electron chi connectivity index (χ0n) is 16.6. The Kier molecular flexibility index (Phi) is 6.75. The van der Waals surface area contributed by atoms with Gasteiger partial charge in [-0.3, -0.25) is 0 Å². The third-order valence-electron chi connectivity index (χ3n) is 5.93. The lowest BCUT2D eigenvalue weighted by Crippen LogP contribution is -2.46. The summed E-state index contributed by atoms with van der Waals surface area (Å²) in [6, 6.07) is 17.7. The van der Waals surface area contributed by atoms with Gasteiger partial charge in [0.25, 0.3) is 10.2 Å². The molecule has 3 rings (SSSR count). The van der Waals surface area contributed by atoms with E-state index in [1.54, 1.807) is 7.11 Å². The van der Waals surface area contributed by atoms with E-state index >= 15 is 0 Å². The van der Waals surface area contributed by atoms with Gasteiger partial charge in [-0.15, -0.1) is 0 Å². The van der Waals surface area contributed by atoms with Crippen LogP contribution in [0.2, 0.25) is 0 Å². The van der Waals surface area contributed by atoms with Gasteiger partial charge in [0.15, 0.2) is 0 Å². The molecule has 5 nitrogen and oxygen atoms in total. The minimum atomic E-state index is -3.53. The highest BCUT2D eigenvalue weighted by Gasteiger charge is 2.38. The molecule has 2 aromatic rings. The van der Waals surface area contributed by atoms with Gasteiger partial charge in [-0.05, 0) is 49.1 Å². The first kappa shape index (κ1) is 20.8. The third kappa shape index (κ3) is 4.93. The second kappa shape index (κ2) is 9.07. The third-order valence-corrected chi connectivity index (χ3v) is 7.10. The Morgan fingerprint density at radius 1 is 1.04 bits per heavy atom. The smallest absolute Gasteiger partial charge is 0.277 e. The summed E-state index contributed by atoms with van der Waals surface area (Å²) in [6.07, 6.45) is 4.53. The van der Waals surface area contributed by atoms with Crippen LogP contribution >= 0.6 is 0 Å². The van der Waals surface area contributed by atoms with Gasteiger partial charge >= 0.3 is 0 Å². The van der Waals surface area contributed by atoms with Gasteiger partial charge in [-0.2, -0.15) is 17.9 Å². The molecule has 1 aliphatic rings. The molecule has 2 aromatic carbocycles. The highest BCUT2D eigenvalue weighted by Crippen LogP contribution is 2.45. The molecule has 6 heteroatoms. The van der Waals surface area contributed by atoms with Crippen molar-refractivity contribution < 1.29 is 13.2 Å². The van der Waals surface area contributed by atoms with Crippen molar-refractivity contribution in [2.45, 2.75) is 57.0 Å². The minimum absolute atomic E-state index is 0.0392. The molecular weight excluding hydrogens is 372 g/mol. The molecule has 28 heavy (non-hydrogen) atoms. The zero-order chi connectivity index (χ0) is 20.0. The number of methoxy groups -OCH3 is 1. The van der Waals surface area contributed by atoms with Crippen LogP contribution in [-0.4, -0.2) is 21.6 Å². The van der Waals surface area contributed by atoms with Crippen molar-refractivity contribution in [3.05, 3.63) is 65.7 Å². The van der Waals surface area contributed by atoms with Crippen LogP contribution in [0.1, 0.15) is 50.2 Å². The molecule has 0 bridgehead atoms. The van der Waals surface area contributed by atoms with Crippen LogP contribution in [0.15, 0.2) is 54.6 Å². The standard InChI is InChI=1S/C22H30N2O3S/c1-3-22(20-11-7-8-12-21(20)27-2)15-13-19(14-16-22)24-28(25,26)23-17-18-9-5-4-6-10-18/h4-12,19,23-24H,3,13-17H2,1-2H3. The summed E-state index contributed by atoms with van der Waals surface area (Å²) in [4.78, 5) is 0. The minimum Gasteiger partial charge on any atom is -0.496 e. The number of hydrogen-bond acceptors (Lipinski definition) is 3. The molecule has 0 unspecified atom stereocenters. The molecule has 0 amide bonds. The first-order valence-corrected chi connectivity index (χ1v) is 11.4. The van der Waals surface area contributed by atoms with Gasteiger partial charge in [0, 0.05) is 18.2 Å². The zero-order valence-corrected chi connectivity index (χ0v) is 17.5. The fourth-order valence-corrected chi connectivity index (χ4v) is 5.33. The Morgan fingerprint density at radius 2 is 1.68 bits per heavy atom. The number of benzene rings is 2. The molecule has 2 N–H and O–H groups in total. The molecule has 0 atom stereocenters. The van der Waals surface area contributed by atoms with Crippen molar-refractivity contribution in [3.63, 3.8) is 0 Å². The van der Waals surface area contributed by atoms with Gasteiger partial charge in [0.05, 0.1) is 7.11 Å². The van der Waals surface area contributed by atoms with Gasteiger partial charge in [0.1, 0.15) is 5.75 Å². The van der Waals surface area contributed by atoms with Crippen LogP contribution in [0.25, 0.3) is 0 Å². The summed E-state index contributed by atoms with van der Waals surface area (Å²) in [5.41, 5.74) is 2.23. The molecule has 1 aliphatic carbocycles. The van der Waals surface area contributed by atoms with Crippen molar-refractivity contribution in [1.29, 1.82) is 0 Å². The summed E-state index contributed by atoms with van der Waals surface area (Å²) in [7, 11) is -1.82. The SMILES string of the molecule is CCC1(c2ccccc2OC)CCC(NS(=O)(=O)NCc2ccccc2)CC1. The van der Waals surface area contributed by atoms with E-state index in [1.165, 1.54) is 5.56 Å². The average Bonchev–Trinajstić information content (AvgIpc) is 2.74. The number of para-hydroxylation sites is 1. The topological polar surface area (TPSA) is 67.4 Å². The molecule has 0 heterocycles. The summed E-state index contributed by atoms with van der Waals surface area (Å²) >= 11 is 0. The van der Waals surface area contributed by atoms with E-state index in [0.29, 0.717) is 6.54 Å². The predicted molar refractivity (Wildman–Crippen MR) is 113 cm³/mol. The second-order valence-electron chi connectivity index (χ2n) is 7.54. The maximum Gasteiger partial charge on any atom is 0.277 e. The summed E-state index contributed by atoms with van der Waals surface area (Å²) in [6.45, 7) is 2.50. The Bertz CT molecular complexity index is 860. The van der Waals surface area contributed by atoms with E-state index < -0.39 is 10.2 Å². The fourth-order valence-electron chi connectivity index (χ4n) is 4.22. The summed E-state index contributed by atoms with van der Waals surface area (Å²) < 4.78 is 35.9. The molecular formula is C22H30N2O3S. The van der Waals surface area contributed by atoms with Crippen LogP contribution < -0.4 is 14.2 Å². The first-order chi connectivity index (χ1) is 13.5. The Labute approximate surface area is 168 Å². The lowest BCUT2D eigenvalue weighted by molar-refractivity contribution is 0.245. The van der Waals surface area contributed by atoms with Gasteiger partial charge in [0.2, 0.25) is 0 Å². The maximum atomic E-state index is 12.4. The molecule has 0 spiro atoms. The monoisotopic (exact) mass is 402 g/mol. The van der Waals surface area contributed by atoms with Crippen LogP contribution in [0.5, 0.6) is 5.75 Å². The van der Waals surface area contributed by atoms with Crippen molar-refractivity contribution in [3.8, 4) is 5.75 Å². The van der Waals surface area contributed by atoms with Crippen LogP contribution in [0.3, 0.4) is 0 Å². The van der Waals surface area contributed by atoms with Crippen molar-refractivity contribution >= 4 is 10.2 Å². The van der Waals surface area contributed by atoms with Gasteiger partial charge in [-0.25, -0.2) is 0 Å². The van der Waals surface area contributed by atoms with Crippen LogP contribution in [0, 0.1) is 0 Å². The van der Waals surface area contributed by atoms with E-state index in [2.05, 4.69) is 28.5 Å². The number of ether oxygens (including phenoxy) is 1. The molecule has 1 saturated carbocycles. The lowest BCUT2D eigenvalue weighted by Gasteiger charge is -2.41. The van der Waals surface area contributed by atoms with Crippen molar-refractivity contribution in [2.24, 2.45) is 0 Å². The molecule has 152 valence electrons. The summed E-state index contributed by atoms with van der Waals surface area (Å²) in [5, 5.41) is 0. The molecule has 0 aromatic heterocycles. The average molecular weight is 403 g/mol. The quantitative estimate of drug-likeness (QED) is 0.703. The van der Waals surface area contributed by atoms with Gasteiger partial charge < -0.3 is 4.74 Å². The van der Waals surface area contributed by atoms with E-state index in [0.717, 1.165) is 43.4 Å². The number of nitrogens with one attached hydrogen (secondary N) is 2. The molecule has 0 saturated heterocycles. The summed E-state index contributed by atoms with van der Waals surface area (Å²) in [5.74, 6) is 0.924. The highest BCUT2D eigenvalue weighted by molar-refractivity contribution is 7.87. The van der Waals surface area contributed by atoms with E-state index in [-0.39, 0.29) is 11.5 Å². The Morgan fingerprint density at radius 3 is 2.32 bits per heavy atom. The molecule has 0 radical (unpaired) electrons. The largest absolute Gasteiger partial charge is 0.496 e. The molecule has 0 aliphatic heterocycles. The Balaban J connectivity index is 1.61. The predicted octanol–water partition coefficient (Wildman–Crippen LogP) is 3.91. The van der Waals surface area contributed by atoms with Gasteiger partial charge in [-0.1, -0.05) is 55.5 Å². The normalized spacial score (nSPS) is 22.7. The van der Waals surface area contributed by atoms with E-state index in [4.69, 9.17) is 4.74 Å². The molecule has 1 fully saturated rings. The van der Waals surface area contributed by atoms with Crippen LogP contribution in [0.4, 0.5) is 0 Å². The van der Waals surface area contributed by atoms with Crippen LogP contribution in [-0.2, 0) is 22.2 Å².